The number of carbonyl (C=O) groups is 2. The van der Waals surface area contributed by atoms with Crippen LogP contribution in [0.5, 0.6) is 0 Å². The average Bonchev–Trinajstić information content (AvgIpc) is 3.08. The Kier molecular flexibility index (Phi) is 2.83. The highest BCUT2D eigenvalue weighted by molar-refractivity contribution is 6.02. The van der Waals surface area contributed by atoms with Crippen molar-refractivity contribution < 1.29 is 14.7 Å². The largest absolute Gasteiger partial charge is 0.480 e. The Labute approximate surface area is 107 Å². The maximum atomic E-state index is 12.6. The number of hydrogen-bond acceptors (Lipinski definition) is 2. The van der Waals surface area contributed by atoms with E-state index < -0.39 is 11.4 Å². The van der Waals surface area contributed by atoms with Crippen LogP contribution in [-0.4, -0.2) is 35.0 Å². The highest BCUT2D eigenvalue weighted by Gasteiger charge is 2.53. The molecule has 0 aromatic heterocycles. The topological polar surface area (TPSA) is 57.6 Å². The third-order valence-electron chi connectivity index (χ3n) is 4.66. The number of carboxylic acids is 1. The molecule has 0 aromatic carbocycles. The number of carboxylic acid groups (broad SMARTS) is 1. The van der Waals surface area contributed by atoms with Crippen LogP contribution in [0.4, 0.5) is 0 Å². The summed E-state index contributed by atoms with van der Waals surface area (Å²) in [7, 11) is 0. The van der Waals surface area contributed by atoms with Gasteiger partial charge >= 0.3 is 5.97 Å². The zero-order chi connectivity index (χ0) is 12.8. The third-order valence-corrected chi connectivity index (χ3v) is 4.66. The smallest absolute Gasteiger partial charge is 0.319 e. The molecule has 3 aliphatic carbocycles. The first kappa shape index (κ1) is 12.0. The first-order valence-electron chi connectivity index (χ1n) is 7.14. The normalized spacial score (nSPS) is 25.3. The van der Waals surface area contributed by atoms with Crippen LogP contribution in [0, 0.1) is 17.3 Å². The molecule has 0 heterocycles. The summed E-state index contributed by atoms with van der Waals surface area (Å²) in [5.41, 5.74) is -1.07. The fraction of sp³-hybridized carbons (Fsp3) is 0.857. The van der Waals surface area contributed by atoms with Crippen molar-refractivity contribution in [3.63, 3.8) is 0 Å². The van der Waals surface area contributed by atoms with Gasteiger partial charge in [-0.15, -0.1) is 0 Å². The summed E-state index contributed by atoms with van der Waals surface area (Å²) in [5.74, 6) is 0.271. The molecular formula is C14H21NO3. The van der Waals surface area contributed by atoms with Crippen LogP contribution in [0.25, 0.3) is 0 Å². The van der Waals surface area contributed by atoms with Gasteiger partial charge in [0.05, 0.1) is 0 Å². The van der Waals surface area contributed by atoms with Gasteiger partial charge in [0.1, 0.15) is 5.41 Å². The molecule has 3 fully saturated rings. The first-order chi connectivity index (χ1) is 8.62. The molecule has 3 rings (SSSR count). The zero-order valence-corrected chi connectivity index (χ0v) is 10.7. The van der Waals surface area contributed by atoms with E-state index in [0.29, 0.717) is 24.7 Å². The maximum Gasteiger partial charge on any atom is 0.319 e. The van der Waals surface area contributed by atoms with E-state index >= 15 is 0 Å². The minimum atomic E-state index is -1.07. The summed E-state index contributed by atoms with van der Waals surface area (Å²) in [5, 5.41) is 9.36. The van der Waals surface area contributed by atoms with Crippen LogP contribution in [0.1, 0.15) is 44.9 Å². The van der Waals surface area contributed by atoms with Gasteiger partial charge in [0, 0.05) is 13.1 Å². The van der Waals surface area contributed by atoms with Gasteiger partial charge in [-0.2, -0.15) is 0 Å². The van der Waals surface area contributed by atoms with E-state index in [1.165, 1.54) is 25.7 Å². The van der Waals surface area contributed by atoms with Gasteiger partial charge in [-0.3, -0.25) is 9.59 Å². The van der Waals surface area contributed by atoms with E-state index in [-0.39, 0.29) is 5.91 Å². The molecular weight excluding hydrogens is 230 g/mol. The molecule has 18 heavy (non-hydrogen) atoms. The first-order valence-corrected chi connectivity index (χ1v) is 7.14. The number of carbonyl (C=O) groups excluding carboxylic acids is 1. The third kappa shape index (κ3) is 2.13. The predicted molar refractivity (Wildman–Crippen MR) is 65.9 cm³/mol. The van der Waals surface area contributed by atoms with Crippen LogP contribution in [0.15, 0.2) is 0 Å². The minimum Gasteiger partial charge on any atom is -0.480 e. The molecule has 0 atom stereocenters. The van der Waals surface area contributed by atoms with E-state index in [1.54, 1.807) is 0 Å². The van der Waals surface area contributed by atoms with Crippen molar-refractivity contribution in [3.05, 3.63) is 0 Å². The molecule has 3 saturated carbocycles. The van der Waals surface area contributed by atoms with Gasteiger partial charge in [-0.25, -0.2) is 0 Å². The summed E-state index contributed by atoms with van der Waals surface area (Å²) in [6, 6.07) is 0. The fourth-order valence-electron chi connectivity index (χ4n) is 2.82. The Morgan fingerprint density at radius 3 is 1.83 bits per heavy atom. The van der Waals surface area contributed by atoms with Gasteiger partial charge in [0.15, 0.2) is 0 Å². The quantitative estimate of drug-likeness (QED) is 0.733. The fourth-order valence-corrected chi connectivity index (χ4v) is 2.82. The maximum absolute atomic E-state index is 12.6. The van der Waals surface area contributed by atoms with Crippen molar-refractivity contribution in [1.82, 2.24) is 4.90 Å². The molecule has 0 saturated heterocycles. The summed E-state index contributed by atoms with van der Waals surface area (Å²) < 4.78 is 0. The minimum absolute atomic E-state index is 0.0972. The van der Waals surface area contributed by atoms with E-state index in [2.05, 4.69) is 0 Å². The van der Waals surface area contributed by atoms with E-state index in [4.69, 9.17) is 0 Å². The number of aliphatic carboxylic acids is 1. The van der Waals surface area contributed by atoms with Crippen molar-refractivity contribution in [3.8, 4) is 0 Å². The predicted octanol–water partition coefficient (Wildman–Crippen LogP) is 1.89. The molecule has 0 radical (unpaired) electrons. The molecule has 3 aliphatic rings. The molecule has 1 N–H and O–H groups in total. The van der Waals surface area contributed by atoms with Gasteiger partial charge in [0.25, 0.3) is 0 Å². The molecule has 0 spiro atoms. The molecule has 0 aliphatic heterocycles. The lowest BCUT2D eigenvalue weighted by Gasteiger charge is -2.40. The average molecular weight is 251 g/mol. The zero-order valence-electron chi connectivity index (χ0n) is 10.7. The van der Waals surface area contributed by atoms with Crippen molar-refractivity contribution in [2.24, 2.45) is 17.3 Å². The monoisotopic (exact) mass is 251 g/mol. The Morgan fingerprint density at radius 1 is 1.06 bits per heavy atom. The van der Waals surface area contributed by atoms with Crippen LogP contribution < -0.4 is 0 Å². The van der Waals surface area contributed by atoms with Gasteiger partial charge in [-0.1, -0.05) is 6.42 Å². The Morgan fingerprint density at radius 2 is 1.56 bits per heavy atom. The Hall–Kier alpha value is -1.06. The lowest BCUT2D eigenvalue weighted by Crippen LogP contribution is -2.53. The Bertz CT molecular complexity index is 353. The van der Waals surface area contributed by atoms with Crippen molar-refractivity contribution >= 4 is 11.9 Å². The van der Waals surface area contributed by atoms with Crippen LogP contribution in [0.3, 0.4) is 0 Å². The lowest BCUT2D eigenvalue weighted by atomic mass is 9.67. The molecule has 0 bridgehead atoms. The highest BCUT2D eigenvalue weighted by Crippen LogP contribution is 2.44. The van der Waals surface area contributed by atoms with E-state index in [9.17, 15) is 14.7 Å². The SMILES string of the molecule is O=C(O)C1(C(=O)N(CC2CC2)CC2CC2)CCC1. The second-order valence-electron chi connectivity index (χ2n) is 6.34. The van der Waals surface area contributed by atoms with Crippen LogP contribution in [-0.2, 0) is 9.59 Å². The van der Waals surface area contributed by atoms with Crippen molar-refractivity contribution in [1.29, 1.82) is 0 Å². The van der Waals surface area contributed by atoms with E-state index in [0.717, 1.165) is 19.5 Å². The molecule has 100 valence electrons. The van der Waals surface area contributed by atoms with Crippen molar-refractivity contribution in [2.45, 2.75) is 44.9 Å². The number of amides is 1. The van der Waals surface area contributed by atoms with E-state index in [1.807, 2.05) is 4.90 Å². The molecule has 0 unspecified atom stereocenters. The summed E-state index contributed by atoms with van der Waals surface area (Å²) in [4.78, 5) is 25.8. The molecule has 1 amide bonds. The molecule has 4 nitrogen and oxygen atoms in total. The summed E-state index contributed by atoms with van der Waals surface area (Å²) >= 11 is 0. The van der Waals surface area contributed by atoms with Crippen molar-refractivity contribution in [2.75, 3.05) is 13.1 Å². The van der Waals surface area contributed by atoms with Crippen LogP contribution in [0.2, 0.25) is 0 Å². The van der Waals surface area contributed by atoms with Gasteiger partial charge < -0.3 is 10.0 Å². The number of rotatable bonds is 6. The number of nitrogens with zero attached hydrogens (tertiary/aromatic N) is 1. The number of hydrogen-bond donors (Lipinski definition) is 1. The highest BCUT2D eigenvalue weighted by atomic mass is 16.4. The standard InChI is InChI=1S/C14H21NO3/c16-12(14(13(17)18)6-1-7-14)15(8-10-2-3-10)9-11-4-5-11/h10-11H,1-9H2,(H,17,18). The summed E-state index contributed by atoms with van der Waals surface area (Å²) in [6.45, 7) is 1.59. The molecule has 0 aromatic rings. The van der Waals surface area contributed by atoms with Gasteiger partial charge in [-0.05, 0) is 50.4 Å². The second-order valence-corrected chi connectivity index (χ2v) is 6.34. The van der Waals surface area contributed by atoms with Gasteiger partial charge in [0.2, 0.25) is 5.91 Å². The lowest BCUT2D eigenvalue weighted by molar-refractivity contribution is -0.167. The summed E-state index contributed by atoms with van der Waals surface area (Å²) in [6.07, 6.45) is 6.75. The second kappa shape index (κ2) is 4.25. The Balaban J connectivity index is 1.70. The van der Waals surface area contributed by atoms with Crippen LogP contribution >= 0.6 is 0 Å². The molecule has 4 heteroatoms.